The number of benzene rings is 1. The quantitative estimate of drug-likeness (QED) is 0.786. The molecule has 0 saturated heterocycles. The summed E-state index contributed by atoms with van der Waals surface area (Å²) in [6.07, 6.45) is 0. The Morgan fingerprint density at radius 3 is 2.33 bits per heavy atom. The van der Waals surface area contributed by atoms with Gasteiger partial charge in [0, 0.05) is 24.8 Å². The van der Waals surface area contributed by atoms with Gasteiger partial charge in [-0.3, -0.25) is 0 Å². The number of aryl methyl sites for hydroxylation is 2. The standard InChI is InChI=1S/C15H27N3O2S/c1-10(2)18(6)8-7-17-21(19,20)15-12(4)9-11(3)14(16)13(15)5/h9-10,17H,7-8,16H2,1-6H3. The fraction of sp³-hybridized carbons (Fsp3) is 0.600. The van der Waals surface area contributed by atoms with E-state index in [0.29, 0.717) is 35.3 Å². The molecule has 0 aliphatic rings. The van der Waals surface area contributed by atoms with Crippen molar-refractivity contribution < 1.29 is 8.42 Å². The van der Waals surface area contributed by atoms with Crippen LogP contribution in [0.2, 0.25) is 0 Å². The van der Waals surface area contributed by atoms with Gasteiger partial charge in [0.25, 0.3) is 0 Å². The number of nitrogens with two attached hydrogens (primary N) is 1. The van der Waals surface area contributed by atoms with Crippen LogP contribution in [-0.2, 0) is 10.0 Å². The summed E-state index contributed by atoms with van der Waals surface area (Å²) in [6, 6.07) is 2.20. The van der Waals surface area contributed by atoms with Crippen LogP contribution in [0.15, 0.2) is 11.0 Å². The van der Waals surface area contributed by atoms with Crippen molar-refractivity contribution in [2.75, 3.05) is 25.9 Å². The van der Waals surface area contributed by atoms with Crippen molar-refractivity contribution >= 4 is 15.7 Å². The lowest BCUT2D eigenvalue weighted by atomic mass is 10.1. The Balaban J connectivity index is 2.97. The molecule has 0 unspecified atom stereocenters. The average Bonchev–Trinajstić information content (AvgIpc) is 2.35. The van der Waals surface area contributed by atoms with E-state index in [2.05, 4.69) is 23.5 Å². The highest BCUT2D eigenvalue weighted by molar-refractivity contribution is 7.89. The van der Waals surface area contributed by atoms with Gasteiger partial charge in [0.05, 0.1) is 4.90 Å². The fourth-order valence-corrected chi connectivity index (χ4v) is 3.78. The number of likely N-dealkylation sites (N-methyl/N-ethyl adjacent to an activating group) is 1. The molecule has 0 amide bonds. The van der Waals surface area contributed by atoms with Gasteiger partial charge < -0.3 is 10.6 Å². The molecule has 0 saturated carbocycles. The third-order valence-electron chi connectivity index (χ3n) is 3.87. The lowest BCUT2D eigenvalue weighted by Crippen LogP contribution is -2.36. The summed E-state index contributed by atoms with van der Waals surface area (Å²) in [7, 11) is -1.57. The zero-order valence-electron chi connectivity index (χ0n) is 13.8. The van der Waals surface area contributed by atoms with Gasteiger partial charge in [0.15, 0.2) is 0 Å². The molecule has 0 aliphatic heterocycles. The van der Waals surface area contributed by atoms with Crippen molar-refractivity contribution in [3.63, 3.8) is 0 Å². The van der Waals surface area contributed by atoms with Crippen LogP contribution in [0.1, 0.15) is 30.5 Å². The van der Waals surface area contributed by atoms with Crippen LogP contribution in [0.5, 0.6) is 0 Å². The minimum atomic E-state index is -3.54. The van der Waals surface area contributed by atoms with Crippen LogP contribution in [0.25, 0.3) is 0 Å². The molecule has 5 nitrogen and oxygen atoms in total. The topological polar surface area (TPSA) is 75.4 Å². The number of nitrogen functional groups attached to an aromatic ring is 1. The highest BCUT2D eigenvalue weighted by Gasteiger charge is 2.21. The first-order valence-electron chi connectivity index (χ1n) is 7.14. The van der Waals surface area contributed by atoms with E-state index in [1.165, 1.54) is 0 Å². The van der Waals surface area contributed by atoms with E-state index in [1.807, 2.05) is 20.0 Å². The first-order chi connectivity index (χ1) is 9.58. The van der Waals surface area contributed by atoms with E-state index in [0.717, 1.165) is 11.1 Å². The number of rotatable bonds is 6. The molecule has 0 fully saturated rings. The molecule has 21 heavy (non-hydrogen) atoms. The van der Waals surface area contributed by atoms with Crippen LogP contribution < -0.4 is 10.5 Å². The summed E-state index contributed by atoms with van der Waals surface area (Å²) in [5.74, 6) is 0. The molecule has 0 spiro atoms. The summed E-state index contributed by atoms with van der Waals surface area (Å²) in [4.78, 5) is 2.39. The largest absolute Gasteiger partial charge is 0.398 e. The number of sulfonamides is 1. The van der Waals surface area contributed by atoms with Crippen molar-refractivity contribution in [2.45, 2.75) is 45.6 Å². The van der Waals surface area contributed by atoms with Gasteiger partial charge in [0.2, 0.25) is 10.0 Å². The second-order valence-electron chi connectivity index (χ2n) is 5.85. The SMILES string of the molecule is Cc1cc(C)c(S(=O)(=O)NCCN(C)C(C)C)c(C)c1N. The van der Waals surface area contributed by atoms with Gasteiger partial charge in [-0.05, 0) is 58.4 Å². The molecule has 0 aromatic heterocycles. The predicted octanol–water partition coefficient (Wildman–Crippen LogP) is 1.81. The monoisotopic (exact) mass is 313 g/mol. The maximum atomic E-state index is 12.5. The molecule has 1 aromatic carbocycles. The molecule has 1 rings (SSSR count). The first kappa shape index (κ1) is 17.9. The average molecular weight is 313 g/mol. The van der Waals surface area contributed by atoms with Crippen molar-refractivity contribution in [3.8, 4) is 0 Å². The molecule has 6 heteroatoms. The minimum Gasteiger partial charge on any atom is -0.398 e. The van der Waals surface area contributed by atoms with Crippen LogP contribution in [-0.4, -0.2) is 39.5 Å². The van der Waals surface area contributed by atoms with Crippen LogP contribution in [0.3, 0.4) is 0 Å². The molecular formula is C15H27N3O2S. The molecule has 0 radical (unpaired) electrons. The van der Waals surface area contributed by atoms with E-state index in [9.17, 15) is 8.42 Å². The Morgan fingerprint density at radius 1 is 1.24 bits per heavy atom. The fourth-order valence-electron chi connectivity index (χ4n) is 2.28. The van der Waals surface area contributed by atoms with E-state index >= 15 is 0 Å². The van der Waals surface area contributed by atoms with Gasteiger partial charge in [-0.2, -0.15) is 0 Å². The number of anilines is 1. The van der Waals surface area contributed by atoms with Crippen LogP contribution in [0.4, 0.5) is 5.69 Å². The Labute approximate surface area is 128 Å². The molecule has 0 heterocycles. The zero-order valence-corrected chi connectivity index (χ0v) is 14.6. The van der Waals surface area contributed by atoms with E-state index in [1.54, 1.807) is 13.8 Å². The number of nitrogens with one attached hydrogen (secondary N) is 1. The summed E-state index contributed by atoms with van der Waals surface area (Å²) in [6.45, 7) is 10.6. The molecule has 3 N–H and O–H groups in total. The summed E-state index contributed by atoms with van der Waals surface area (Å²) < 4.78 is 27.7. The first-order valence-corrected chi connectivity index (χ1v) is 8.62. The molecule has 0 aliphatic carbocycles. The lowest BCUT2D eigenvalue weighted by molar-refractivity contribution is 0.278. The molecule has 120 valence electrons. The second-order valence-corrected chi connectivity index (χ2v) is 7.55. The zero-order chi connectivity index (χ0) is 16.4. The lowest BCUT2D eigenvalue weighted by Gasteiger charge is -2.21. The Bertz CT molecular complexity index is 610. The van der Waals surface area contributed by atoms with Gasteiger partial charge in [0.1, 0.15) is 0 Å². The van der Waals surface area contributed by atoms with Crippen molar-refractivity contribution in [1.82, 2.24) is 9.62 Å². The summed E-state index contributed by atoms with van der Waals surface area (Å²) in [5, 5.41) is 0. The minimum absolute atomic E-state index is 0.304. The Hall–Kier alpha value is -1.11. The van der Waals surface area contributed by atoms with Crippen LogP contribution in [0, 0.1) is 20.8 Å². The number of nitrogens with zero attached hydrogens (tertiary/aromatic N) is 1. The number of hydrogen-bond acceptors (Lipinski definition) is 4. The second kappa shape index (κ2) is 6.77. The Kier molecular flexibility index (Phi) is 5.78. The van der Waals surface area contributed by atoms with Gasteiger partial charge in [-0.25, -0.2) is 13.1 Å². The number of hydrogen-bond donors (Lipinski definition) is 2. The normalized spacial score (nSPS) is 12.4. The predicted molar refractivity (Wildman–Crippen MR) is 88.0 cm³/mol. The van der Waals surface area contributed by atoms with E-state index < -0.39 is 10.0 Å². The third kappa shape index (κ3) is 4.18. The van der Waals surface area contributed by atoms with Gasteiger partial charge >= 0.3 is 0 Å². The smallest absolute Gasteiger partial charge is 0.241 e. The molecule has 0 atom stereocenters. The highest BCUT2D eigenvalue weighted by atomic mass is 32.2. The molecule has 0 bridgehead atoms. The van der Waals surface area contributed by atoms with Crippen molar-refractivity contribution in [2.24, 2.45) is 0 Å². The maximum absolute atomic E-state index is 12.5. The molecular weight excluding hydrogens is 286 g/mol. The third-order valence-corrected chi connectivity index (χ3v) is 5.62. The van der Waals surface area contributed by atoms with Crippen LogP contribution >= 0.6 is 0 Å². The van der Waals surface area contributed by atoms with E-state index in [4.69, 9.17) is 5.73 Å². The summed E-state index contributed by atoms with van der Waals surface area (Å²) in [5.41, 5.74) is 8.76. The van der Waals surface area contributed by atoms with Crippen molar-refractivity contribution in [1.29, 1.82) is 0 Å². The van der Waals surface area contributed by atoms with Gasteiger partial charge in [-0.15, -0.1) is 0 Å². The van der Waals surface area contributed by atoms with Gasteiger partial charge in [-0.1, -0.05) is 6.07 Å². The highest BCUT2D eigenvalue weighted by Crippen LogP contribution is 2.27. The summed E-state index contributed by atoms with van der Waals surface area (Å²) >= 11 is 0. The Morgan fingerprint density at radius 2 is 1.81 bits per heavy atom. The van der Waals surface area contributed by atoms with E-state index in [-0.39, 0.29) is 0 Å². The van der Waals surface area contributed by atoms with Crippen molar-refractivity contribution in [3.05, 3.63) is 22.8 Å². The maximum Gasteiger partial charge on any atom is 0.241 e. The molecule has 1 aromatic rings.